The Hall–Kier alpha value is -1.35. The molecule has 1 aromatic carbocycles. The molecule has 2 rings (SSSR count). The van der Waals surface area contributed by atoms with Crippen LogP contribution in [0.25, 0.3) is 0 Å². The van der Waals surface area contributed by atoms with Gasteiger partial charge in [-0.15, -0.1) is 0 Å². The van der Waals surface area contributed by atoms with Crippen molar-refractivity contribution in [2.24, 2.45) is 5.92 Å². The van der Waals surface area contributed by atoms with Crippen molar-refractivity contribution in [1.29, 1.82) is 0 Å². The third-order valence-corrected chi connectivity index (χ3v) is 3.85. The molecule has 0 radical (unpaired) electrons. The summed E-state index contributed by atoms with van der Waals surface area (Å²) in [5, 5.41) is 9.32. The second-order valence-corrected chi connectivity index (χ2v) is 5.36. The quantitative estimate of drug-likeness (QED) is 0.891. The van der Waals surface area contributed by atoms with Crippen LogP contribution in [-0.4, -0.2) is 23.7 Å². The molecule has 0 spiro atoms. The Bertz CT molecular complexity index is 442. The molecule has 0 aliphatic carbocycles. The molecule has 98 valence electrons. The van der Waals surface area contributed by atoms with Crippen molar-refractivity contribution < 1.29 is 9.90 Å². The minimum absolute atomic E-state index is 0.0534. The molecule has 1 aromatic rings. The molecule has 1 amide bonds. The van der Waals surface area contributed by atoms with Crippen LogP contribution in [0.1, 0.15) is 38.7 Å². The summed E-state index contributed by atoms with van der Waals surface area (Å²) in [7, 11) is 0. The van der Waals surface area contributed by atoms with Crippen LogP contribution in [0.5, 0.6) is 0 Å². The lowest BCUT2D eigenvalue weighted by Crippen LogP contribution is -2.34. The van der Waals surface area contributed by atoms with Crippen LogP contribution in [0.3, 0.4) is 0 Å². The topological polar surface area (TPSA) is 40.5 Å². The SMILES string of the molecule is CC(C)c1ccccc1N1C(=O)CC(CO)C1C. The van der Waals surface area contributed by atoms with Crippen molar-refractivity contribution in [3.63, 3.8) is 0 Å². The molecule has 0 bridgehead atoms. The fraction of sp³-hybridized carbons (Fsp3) is 0.533. The molecule has 2 unspecified atom stereocenters. The average molecular weight is 247 g/mol. The molecule has 1 saturated heterocycles. The molecule has 1 fully saturated rings. The summed E-state index contributed by atoms with van der Waals surface area (Å²) >= 11 is 0. The summed E-state index contributed by atoms with van der Waals surface area (Å²) < 4.78 is 0. The first-order valence-corrected chi connectivity index (χ1v) is 6.58. The van der Waals surface area contributed by atoms with E-state index in [4.69, 9.17) is 0 Å². The smallest absolute Gasteiger partial charge is 0.227 e. The van der Waals surface area contributed by atoms with Crippen molar-refractivity contribution in [2.75, 3.05) is 11.5 Å². The summed E-state index contributed by atoms with van der Waals surface area (Å²) in [4.78, 5) is 14.0. The van der Waals surface area contributed by atoms with Crippen molar-refractivity contribution >= 4 is 11.6 Å². The Morgan fingerprint density at radius 3 is 2.61 bits per heavy atom. The lowest BCUT2D eigenvalue weighted by atomic mass is 9.99. The highest BCUT2D eigenvalue weighted by molar-refractivity contribution is 5.97. The van der Waals surface area contributed by atoms with E-state index in [2.05, 4.69) is 19.9 Å². The first-order chi connectivity index (χ1) is 8.56. The monoisotopic (exact) mass is 247 g/mol. The highest BCUT2D eigenvalue weighted by Gasteiger charge is 2.38. The van der Waals surface area contributed by atoms with Crippen LogP contribution in [0.15, 0.2) is 24.3 Å². The Kier molecular flexibility index (Phi) is 3.71. The highest BCUT2D eigenvalue weighted by atomic mass is 16.3. The number of para-hydroxylation sites is 1. The fourth-order valence-corrected chi connectivity index (χ4v) is 2.70. The Balaban J connectivity index is 2.40. The molecule has 1 aliphatic heterocycles. The molecule has 0 saturated carbocycles. The van der Waals surface area contributed by atoms with Gasteiger partial charge in [0.1, 0.15) is 0 Å². The Labute approximate surface area is 108 Å². The predicted octanol–water partition coefficient (Wildman–Crippen LogP) is 2.54. The number of amides is 1. The standard InChI is InChI=1S/C15H21NO2/c1-10(2)13-6-4-5-7-14(13)16-11(3)12(9-17)8-15(16)18/h4-7,10-12,17H,8-9H2,1-3H3. The lowest BCUT2D eigenvalue weighted by Gasteiger charge is -2.27. The van der Waals surface area contributed by atoms with Gasteiger partial charge in [-0.1, -0.05) is 32.0 Å². The molecule has 3 heteroatoms. The van der Waals surface area contributed by atoms with Crippen molar-refractivity contribution in [3.05, 3.63) is 29.8 Å². The van der Waals surface area contributed by atoms with Gasteiger partial charge >= 0.3 is 0 Å². The number of nitrogens with zero attached hydrogens (tertiary/aromatic N) is 1. The number of aliphatic hydroxyl groups excluding tert-OH is 1. The second-order valence-electron chi connectivity index (χ2n) is 5.36. The second kappa shape index (κ2) is 5.11. The third-order valence-electron chi connectivity index (χ3n) is 3.85. The summed E-state index contributed by atoms with van der Waals surface area (Å²) in [5.41, 5.74) is 2.19. The van der Waals surface area contributed by atoms with Crippen molar-refractivity contribution in [2.45, 2.75) is 39.2 Å². The summed E-state index contributed by atoms with van der Waals surface area (Å²) in [5.74, 6) is 0.557. The van der Waals surface area contributed by atoms with Crippen LogP contribution in [0.2, 0.25) is 0 Å². The average Bonchev–Trinajstić information content (AvgIpc) is 2.64. The van der Waals surface area contributed by atoms with Gasteiger partial charge in [0, 0.05) is 30.7 Å². The maximum absolute atomic E-state index is 12.1. The molecule has 1 aliphatic rings. The highest BCUT2D eigenvalue weighted by Crippen LogP contribution is 2.35. The van der Waals surface area contributed by atoms with Crippen LogP contribution >= 0.6 is 0 Å². The molecule has 3 nitrogen and oxygen atoms in total. The number of aliphatic hydroxyl groups is 1. The minimum atomic E-state index is 0.0534. The first kappa shape index (κ1) is 13.1. The number of rotatable bonds is 3. The normalized spacial score (nSPS) is 24.1. The fourth-order valence-electron chi connectivity index (χ4n) is 2.70. The number of hydrogen-bond donors (Lipinski definition) is 1. The van der Waals surface area contributed by atoms with Crippen molar-refractivity contribution in [3.8, 4) is 0 Å². The van der Waals surface area contributed by atoms with E-state index in [0.29, 0.717) is 12.3 Å². The number of carbonyl (C=O) groups excluding carboxylic acids is 1. The van der Waals surface area contributed by atoms with Crippen molar-refractivity contribution in [1.82, 2.24) is 0 Å². The van der Waals surface area contributed by atoms with E-state index in [-0.39, 0.29) is 24.5 Å². The first-order valence-electron chi connectivity index (χ1n) is 6.58. The van der Waals surface area contributed by atoms with Gasteiger partial charge in [0.2, 0.25) is 5.91 Å². The van der Waals surface area contributed by atoms with Gasteiger partial charge in [-0.05, 0) is 24.5 Å². The molecular formula is C15H21NO2. The van der Waals surface area contributed by atoms with E-state index in [9.17, 15) is 9.90 Å². The number of benzene rings is 1. The van der Waals surface area contributed by atoms with Gasteiger partial charge < -0.3 is 10.0 Å². The molecule has 0 aromatic heterocycles. The third kappa shape index (κ3) is 2.15. The maximum Gasteiger partial charge on any atom is 0.227 e. The van der Waals surface area contributed by atoms with Gasteiger partial charge in [-0.25, -0.2) is 0 Å². The summed E-state index contributed by atoms with van der Waals surface area (Å²) in [6.45, 7) is 6.36. The molecular weight excluding hydrogens is 226 g/mol. The van der Waals surface area contributed by atoms with Gasteiger partial charge in [-0.2, -0.15) is 0 Å². The lowest BCUT2D eigenvalue weighted by molar-refractivity contribution is -0.117. The van der Waals surface area contributed by atoms with Crippen LogP contribution in [0, 0.1) is 5.92 Å². The Morgan fingerprint density at radius 2 is 2.06 bits per heavy atom. The zero-order valence-electron chi connectivity index (χ0n) is 11.3. The van der Waals surface area contributed by atoms with E-state index in [0.717, 1.165) is 5.69 Å². The van der Waals surface area contributed by atoms with Crippen LogP contribution < -0.4 is 4.90 Å². The molecule has 1 heterocycles. The minimum Gasteiger partial charge on any atom is -0.396 e. The van der Waals surface area contributed by atoms with Crippen LogP contribution in [0.4, 0.5) is 5.69 Å². The van der Waals surface area contributed by atoms with E-state index in [1.807, 2.05) is 30.0 Å². The molecule has 1 N–H and O–H groups in total. The number of hydrogen-bond acceptors (Lipinski definition) is 2. The van der Waals surface area contributed by atoms with Crippen LogP contribution in [-0.2, 0) is 4.79 Å². The van der Waals surface area contributed by atoms with Gasteiger partial charge in [0.15, 0.2) is 0 Å². The largest absolute Gasteiger partial charge is 0.396 e. The van der Waals surface area contributed by atoms with E-state index in [1.165, 1.54) is 5.56 Å². The van der Waals surface area contributed by atoms with Gasteiger partial charge in [0.05, 0.1) is 0 Å². The number of carbonyl (C=O) groups is 1. The molecule has 2 atom stereocenters. The summed E-state index contributed by atoms with van der Waals surface area (Å²) in [6, 6.07) is 8.12. The van der Waals surface area contributed by atoms with E-state index >= 15 is 0 Å². The van der Waals surface area contributed by atoms with E-state index in [1.54, 1.807) is 0 Å². The van der Waals surface area contributed by atoms with Gasteiger partial charge in [0.25, 0.3) is 0 Å². The molecule has 18 heavy (non-hydrogen) atoms. The van der Waals surface area contributed by atoms with E-state index < -0.39 is 0 Å². The summed E-state index contributed by atoms with van der Waals surface area (Å²) in [6.07, 6.45) is 0.449. The maximum atomic E-state index is 12.1. The zero-order chi connectivity index (χ0) is 13.3. The van der Waals surface area contributed by atoms with Gasteiger partial charge in [-0.3, -0.25) is 4.79 Å². The Morgan fingerprint density at radius 1 is 1.39 bits per heavy atom. The number of anilines is 1. The predicted molar refractivity (Wildman–Crippen MR) is 72.7 cm³/mol. The zero-order valence-corrected chi connectivity index (χ0v) is 11.3.